The van der Waals surface area contributed by atoms with E-state index in [-0.39, 0.29) is 5.39 Å². The number of nitrogens with zero attached hydrogens (tertiary/aromatic N) is 2. The van der Waals surface area contributed by atoms with E-state index in [4.69, 9.17) is 5.11 Å². The van der Waals surface area contributed by atoms with Crippen LogP contribution in [0.25, 0.3) is 10.8 Å². The SMILES string of the molecule is CC(C)(Nc1ccc2c(=O)n(CC(F)(F)F)ncc2c1)C(=O)O. The van der Waals surface area contributed by atoms with E-state index in [0.29, 0.717) is 15.8 Å². The number of aliphatic carboxylic acids is 1. The Morgan fingerprint density at radius 2 is 2.00 bits per heavy atom. The third-order valence-corrected chi connectivity index (χ3v) is 3.17. The van der Waals surface area contributed by atoms with Gasteiger partial charge in [-0.15, -0.1) is 0 Å². The summed E-state index contributed by atoms with van der Waals surface area (Å²) in [6.07, 6.45) is -3.40. The Hall–Kier alpha value is -2.58. The number of aromatic nitrogens is 2. The lowest BCUT2D eigenvalue weighted by atomic mass is 10.1. The molecule has 0 atom stereocenters. The van der Waals surface area contributed by atoms with Gasteiger partial charge in [-0.2, -0.15) is 18.3 Å². The van der Waals surface area contributed by atoms with Crippen molar-refractivity contribution in [2.45, 2.75) is 32.1 Å². The van der Waals surface area contributed by atoms with Gasteiger partial charge in [-0.1, -0.05) is 0 Å². The molecule has 6 nitrogen and oxygen atoms in total. The lowest BCUT2D eigenvalue weighted by molar-refractivity contribution is -0.143. The van der Waals surface area contributed by atoms with E-state index in [2.05, 4.69) is 10.4 Å². The van der Waals surface area contributed by atoms with Crippen molar-refractivity contribution in [2.24, 2.45) is 0 Å². The third kappa shape index (κ3) is 3.79. The molecule has 0 spiro atoms. The van der Waals surface area contributed by atoms with Gasteiger partial charge in [0.25, 0.3) is 5.56 Å². The molecule has 1 aromatic heterocycles. The maximum atomic E-state index is 12.4. The number of nitrogens with one attached hydrogen (secondary N) is 1. The number of fused-ring (bicyclic) bond motifs is 1. The first-order valence-electron chi connectivity index (χ1n) is 6.58. The molecule has 9 heteroatoms. The van der Waals surface area contributed by atoms with Gasteiger partial charge in [0.2, 0.25) is 0 Å². The zero-order valence-electron chi connectivity index (χ0n) is 12.3. The molecule has 0 saturated carbocycles. The number of carboxylic acids is 1. The average Bonchev–Trinajstić information content (AvgIpc) is 2.40. The largest absolute Gasteiger partial charge is 0.480 e. The normalized spacial score (nSPS) is 12.4. The highest BCUT2D eigenvalue weighted by Crippen LogP contribution is 2.21. The summed E-state index contributed by atoms with van der Waals surface area (Å²) < 4.78 is 37.5. The second-order valence-electron chi connectivity index (χ2n) is 5.58. The Labute approximate surface area is 128 Å². The molecule has 2 N–H and O–H groups in total. The summed E-state index contributed by atoms with van der Waals surface area (Å²) in [5.41, 5.74) is -1.68. The molecule has 0 saturated heterocycles. The minimum absolute atomic E-state index is 0.0722. The number of carbonyl (C=O) groups is 1. The van der Waals surface area contributed by atoms with Crippen molar-refractivity contribution >= 4 is 22.4 Å². The number of hydrogen-bond donors (Lipinski definition) is 2. The summed E-state index contributed by atoms with van der Waals surface area (Å²) in [6.45, 7) is 1.45. The highest BCUT2D eigenvalue weighted by molar-refractivity contribution is 5.86. The number of hydrogen-bond acceptors (Lipinski definition) is 4. The van der Waals surface area contributed by atoms with Crippen LogP contribution in [0, 0.1) is 0 Å². The second kappa shape index (κ2) is 5.56. The molecule has 23 heavy (non-hydrogen) atoms. The van der Waals surface area contributed by atoms with Crippen LogP contribution in [-0.2, 0) is 11.3 Å². The first-order valence-corrected chi connectivity index (χ1v) is 6.58. The molecular weight excluding hydrogens is 315 g/mol. The van der Waals surface area contributed by atoms with E-state index in [9.17, 15) is 22.8 Å². The van der Waals surface area contributed by atoms with Crippen LogP contribution in [0.5, 0.6) is 0 Å². The molecule has 1 heterocycles. The Balaban J connectivity index is 2.41. The molecule has 0 aliphatic rings. The number of anilines is 1. The van der Waals surface area contributed by atoms with Crippen molar-refractivity contribution in [3.05, 3.63) is 34.7 Å². The Morgan fingerprint density at radius 3 is 2.57 bits per heavy atom. The van der Waals surface area contributed by atoms with Crippen molar-refractivity contribution in [2.75, 3.05) is 5.32 Å². The van der Waals surface area contributed by atoms with E-state index < -0.39 is 29.8 Å². The maximum Gasteiger partial charge on any atom is 0.408 e. The van der Waals surface area contributed by atoms with E-state index in [1.165, 1.54) is 32.0 Å². The smallest absolute Gasteiger partial charge is 0.408 e. The number of halogens is 3. The topological polar surface area (TPSA) is 84.2 Å². The highest BCUT2D eigenvalue weighted by atomic mass is 19.4. The second-order valence-corrected chi connectivity index (χ2v) is 5.58. The van der Waals surface area contributed by atoms with E-state index in [0.717, 1.165) is 6.20 Å². The van der Waals surface area contributed by atoms with Gasteiger partial charge in [-0.3, -0.25) is 4.79 Å². The van der Waals surface area contributed by atoms with Crippen LogP contribution in [0.1, 0.15) is 13.8 Å². The van der Waals surface area contributed by atoms with E-state index >= 15 is 0 Å². The van der Waals surface area contributed by atoms with Gasteiger partial charge in [0.15, 0.2) is 0 Å². The van der Waals surface area contributed by atoms with E-state index in [1.807, 2.05) is 0 Å². The van der Waals surface area contributed by atoms with Crippen LogP contribution < -0.4 is 10.9 Å². The molecule has 2 aromatic rings. The zero-order chi connectivity index (χ0) is 17.4. The zero-order valence-corrected chi connectivity index (χ0v) is 12.3. The molecule has 0 radical (unpaired) electrons. The summed E-state index contributed by atoms with van der Waals surface area (Å²) in [7, 11) is 0. The predicted molar refractivity (Wildman–Crippen MR) is 77.4 cm³/mol. The summed E-state index contributed by atoms with van der Waals surface area (Å²) in [5.74, 6) is -1.07. The molecule has 0 aliphatic carbocycles. The molecule has 2 rings (SSSR count). The van der Waals surface area contributed by atoms with Gasteiger partial charge >= 0.3 is 12.1 Å². The molecule has 0 bridgehead atoms. The van der Waals surface area contributed by atoms with E-state index in [1.54, 1.807) is 0 Å². The van der Waals surface area contributed by atoms with Gasteiger partial charge in [0, 0.05) is 11.1 Å². The minimum atomic E-state index is -4.54. The van der Waals surface area contributed by atoms with Crippen LogP contribution in [0.4, 0.5) is 18.9 Å². The lowest BCUT2D eigenvalue weighted by Gasteiger charge is -2.22. The number of alkyl halides is 3. The molecule has 1 aromatic carbocycles. The van der Waals surface area contributed by atoms with Crippen LogP contribution >= 0.6 is 0 Å². The lowest BCUT2D eigenvalue weighted by Crippen LogP contribution is -2.39. The molecule has 124 valence electrons. The van der Waals surface area contributed by atoms with Crippen LogP contribution in [0.15, 0.2) is 29.2 Å². The summed E-state index contributed by atoms with van der Waals surface area (Å²) >= 11 is 0. The first-order chi connectivity index (χ1) is 10.5. The van der Waals surface area contributed by atoms with Gasteiger partial charge < -0.3 is 10.4 Å². The number of carboxylic acid groups (broad SMARTS) is 1. The third-order valence-electron chi connectivity index (χ3n) is 3.17. The van der Waals surface area contributed by atoms with Crippen LogP contribution in [0.2, 0.25) is 0 Å². The monoisotopic (exact) mass is 329 g/mol. The Bertz CT molecular complexity index is 812. The highest BCUT2D eigenvalue weighted by Gasteiger charge is 2.29. The average molecular weight is 329 g/mol. The van der Waals surface area contributed by atoms with Gasteiger partial charge in [0.05, 0.1) is 11.6 Å². The fourth-order valence-corrected chi connectivity index (χ4v) is 1.96. The molecule has 0 unspecified atom stereocenters. The van der Waals surface area contributed by atoms with Gasteiger partial charge in [0.1, 0.15) is 12.1 Å². The first kappa shape index (κ1) is 16.8. The summed E-state index contributed by atoms with van der Waals surface area (Å²) in [6, 6.07) is 4.24. The van der Waals surface area contributed by atoms with Crippen molar-refractivity contribution in [1.82, 2.24) is 9.78 Å². The van der Waals surface area contributed by atoms with Gasteiger partial charge in [-0.05, 0) is 32.0 Å². The maximum absolute atomic E-state index is 12.4. The quantitative estimate of drug-likeness (QED) is 0.899. The molecule has 0 aliphatic heterocycles. The molecule has 0 fully saturated rings. The fraction of sp³-hybridized carbons (Fsp3) is 0.357. The number of rotatable bonds is 4. The Morgan fingerprint density at radius 1 is 1.35 bits per heavy atom. The van der Waals surface area contributed by atoms with Crippen molar-refractivity contribution < 1.29 is 23.1 Å². The van der Waals surface area contributed by atoms with Crippen molar-refractivity contribution in [1.29, 1.82) is 0 Å². The molecule has 0 amide bonds. The fourth-order valence-electron chi connectivity index (χ4n) is 1.96. The standard InChI is InChI=1S/C14H14F3N3O3/c1-13(2,12(22)23)19-9-3-4-10-8(5-9)6-18-20(11(10)21)7-14(15,16)17/h3-6,19H,7H2,1-2H3,(H,22,23). The summed E-state index contributed by atoms with van der Waals surface area (Å²) in [4.78, 5) is 23.1. The van der Waals surface area contributed by atoms with Crippen LogP contribution in [-0.4, -0.2) is 32.6 Å². The minimum Gasteiger partial charge on any atom is -0.480 e. The van der Waals surface area contributed by atoms with Crippen molar-refractivity contribution in [3.63, 3.8) is 0 Å². The number of benzene rings is 1. The summed E-state index contributed by atoms with van der Waals surface area (Å²) in [5, 5.41) is 15.7. The predicted octanol–water partition coefficient (Wildman–Crippen LogP) is 2.23. The molecular formula is C14H14F3N3O3. The van der Waals surface area contributed by atoms with Crippen molar-refractivity contribution in [3.8, 4) is 0 Å². The Kier molecular flexibility index (Phi) is 4.06. The van der Waals surface area contributed by atoms with Gasteiger partial charge in [-0.25, -0.2) is 9.48 Å². The van der Waals surface area contributed by atoms with Crippen LogP contribution in [0.3, 0.4) is 0 Å².